The molecule has 2 heteroatoms. The molecule has 2 N–H and O–H groups in total. The van der Waals surface area contributed by atoms with Crippen molar-refractivity contribution in [3.05, 3.63) is 0 Å². The van der Waals surface area contributed by atoms with E-state index in [0.717, 1.165) is 25.7 Å². The van der Waals surface area contributed by atoms with E-state index in [0.29, 0.717) is 0 Å². The van der Waals surface area contributed by atoms with Gasteiger partial charge in [0, 0.05) is 0 Å². The summed E-state index contributed by atoms with van der Waals surface area (Å²) < 4.78 is 0. The Hall–Kier alpha value is -0.0800. The molecule has 0 aromatic rings. The van der Waals surface area contributed by atoms with Crippen LogP contribution in [0.2, 0.25) is 0 Å². The van der Waals surface area contributed by atoms with Crippen molar-refractivity contribution in [2.75, 3.05) is 0 Å². The first kappa shape index (κ1) is 8.02. The summed E-state index contributed by atoms with van der Waals surface area (Å²) in [6.45, 7) is 0. The monoisotopic (exact) mass is 144 g/mol. The van der Waals surface area contributed by atoms with Crippen molar-refractivity contribution in [2.24, 2.45) is 0 Å². The van der Waals surface area contributed by atoms with E-state index in [1.54, 1.807) is 0 Å². The zero-order valence-electron chi connectivity index (χ0n) is 6.29. The summed E-state index contributed by atoms with van der Waals surface area (Å²) in [5.74, 6) is 0. The molecule has 0 radical (unpaired) electrons. The van der Waals surface area contributed by atoms with Gasteiger partial charge in [-0.05, 0) is 12.8 Å². The van der Waals surface area contributed by atoms with Crippen LogP contribution in [0, 0.1) is 0 Å². The molecule has 0 heterocycles. The van der Waals surface area contributed by atoms with E-state index in [-0.39, 0.29) is 0 Å². The van der Waals surface area contributed by atoms with Crippen molar-refractivity contribution in [1.82, 2.24) is 0 Å². The fraction of sp³-hybridized carbons (Fsp3) is 1.00. The number of aliphatic hydroxyl groups excluding tert-OH is 2. The second-order valence-electron chi connectivity index (χ2n) is 3.13. The van der Waals surface area contributed by atoms with E-state index in [1.807, 2.05) is 0 Å². The molecule has 0 unspecified atom stereocenters. The van der Waals surface area contributed by atoms with Gasteiger partial charge in [0.25, 0.3) is 0 Å². The Kier molecular flexibility index (Phi) is 3.16. The number of hydrogen-bond donors (Lipinski definition) is 2. The third-order valence-electron chi connectivity index (χ3n) is 2.19. The van der Waals surface area contributed by atoms with Gasteiger partial charge in [0.2, 0.25) is 0 Å². The molecule has 60 valence electrons. The minimum atomic E-state index is -0.458. The van der Waals surface area contributed by atoms with E-state index in [4.69, 9.17) is 0 Å². The molecule has 0 aromatic heterocycles. The summed E-state index contributed by atoms with van der Waals surface area (Å²) in [5, 5.41) is 18.5. The minimum absolute atomic E-state index is 0.458. The van der Waals surface area contributed by atoms with Crippen LogP contribution in [0.3, 0.4) is 0 Å². The highest BCUT2D eigenvalue weighted by atomic mass is 16.3. The molecule has 0 aliphatic heterocycles. The van der Waals surface area contributed by atoms with Crippen LogP contribution in [0.1, 0.15) is 38.5 Å². The molecule has 0 bridgehead atoms. The van der Waals surface area contributed by atoms with E-state index in [9.17, 15) is 10.2 Å². The lowest BCUT2D eigenvalue weighted by Crippen LogP contribution is -2.26. The van der Waals surface area contributed by atoms with Crippen molar-refractivity contribution in [1.29, 1.82) is 0 Å². The molecule has 0 spiro atoms. The first-order valence-electron chi connectivity index (χ1n) is 4.17. The van der Waals surface area contributed by atoms with Gasteiger partial charge in [-0.15, -0.1) is 0 Å². The molecule has 1 aliphatic carbocycles. The molecular weight excluding hydrogens is 128 g/mol. The molecule has 2 atom stereocenters. The highest BCUT2D eigenvalue weighted by molar-refractivity contribution is 4.69. The predicted octanol–water partition coefficient (Wildman–Crippen LogP) is 1.06. The first-order valence-corrected chi connectivity index (χ1v) is 4.17. The third-order valence-corrected chi connectivity index (χ3v) is 2.19. The van der Waals surface area contributed by atoms with Crippen molar-refractivity contribution in [3.63, 3.8) is 0 Å². The molecular formula is C8H16O2. The summed E-state index contributed by atoms with van der Waals surface area (Å²) in [5.41, 5.74) is 0. The van der Waals surface area contributed by atoms with Gasteiger partial charge in [-0.3, -0.25) is 0 Å². The van der Waals surface area contributed by atoms with Crippen LogP contribution < -0.4 is 0 Å². The minimum Gasteiger partial charge on any atom is -0.390 e. The summed E-state index contributed by atoms with van der Waals surface area (Å²) in [6.07, 6.45) is 5.20. The standard InChI is InChI=1S/C8H16O2/c9-7-5-3-1-2-4-6-8(7)10/h7-10H,1-6H2/t7-,8-/m1/s1. The zero-order chi connectivity index (χ0) is 7.40. The van der Waals surface area contributed by atoms with Crippen LogP contribution in [0.4, 0.5) is 0 Å². The summed E-state index contributed by atoms with van der Waals surface area (Å²) in [6, 6.07) is 0. The van der Waals surface area contributed by atoms with Crippen molar-refractivity contribution in [3.8, 4) is 0 Å². The summed E-state index contributed by atoms with van der Waals surface area (Å²) in [4.78, 5) is 0. The molecule has 0 saturated heterocycles. The molecule has 1 fully saturated rings. The Labute approximate surface area is 61.9 Å². The lowest BCUT2D eigenvalue weighted by molar-refractivity contribution is 0.00303. The summed E-state index contributed by atoms with van der Waals surface area (Å²) in [7, 11) is 0. The molecule has 1 saturated carbocycles. The molecule has 1 rings (SSSR count). The maximum atomic E-state index is 9.23. The van der Waals surface area contributed by atoms with E-state index in [1.165, 1.54) is 12.8 Å². The van der Waals surface area contributed by atoms with Crippen LogP contribution in [0.25, 0.3) is 0 Å². The van der Waals surface area contributed by atoms with Gasteiger partial charge in [0.05, 0.1) is 12.2 Å². The topological polar surface area (TPSA) is 40.5 Å². The van der Waals surface area contributed by atoms with Crippen LogP contribution in [0.15, 0.2) is 0 Å². The number of aliphatic hydroxyl groups is 2. The highest BCUT2D eigenvalue weighted by Crippen LogP contribution is 2.17. The zero-order valence-corrected chi connectivity index (χ0v) is 6.29. The first-order chi connectivity index (χ1) is 4.80. The predicted molar refractivity (Wildman–Crippen MR) is 39.7 cm³/mol. The summed E-state index contributed by atoms with van der Waals surface area (Å²) >= 11 is 0. The van der Waals surface area contributed by atoms with Gasteiger partial charge < -0.3 is 10.2 Å². The average molecular weight is 144 g/mol. The van der Waals surface area contributed by atoms with Crippen molar-refractivity contribution < 1.29 is 10.2 Å². The molecule has 1 aliphatic rings. The number of rotatable bonds is 0. The lowest BCUT2D eigenvalue weighted by Gasteiger charge is -2.19. The molecule has 10 heavy (non-hydrogen) atoms. The Morgan fingerprint density at radius 2 is 1.10 bits per heavy atom. The average Bonchev–Trinajstić information content (AvgIpc) is 1.92. The van der Waals surface area contributed by atoms with Crippen LogP contribution in [0.5, 0.6) is 0 Å². The molecule has 2 nitrogen and oxygen atoms in total. The third kappa shape index (κ3) is 2.27. The Balaban J connectivity index is 2.28. The highest BCUT2D eigenvalue weighted by Gasteiger charge is 2.16. The fourth-order valence-corrected chi connectivity index (χ4v) is 1.45. The second-order valence-corrected chi connectivity index (χ2v) is 3.13. The van der Waals surface area contributed by atoms with Gasteiger partial charge in [0.15, 0.2) is 0 Å². The smallest absolute Gasteiger partial charge is 0.0799 e. The Morgan fingerprint density at radius 1 is 0.700 bits per heavy atom. The van der Waals surface area contributed by atoms with Crippen molar-refractivity contribution in [2.45, 2.75) is 50.7 Å². The van der Waals surface area contributed by atoms with E-state index in [2.05, 4.69) is 0 Å². The second kappa shape index (κ2) is 3.94. The van der Waals surface area contributed by atoms with Gasteiger partial charge in [0.1, 0.15) is 0 Å². The normalized spacial score (nSPS) is 36.6. The van der Waals surface area contributed by atoms with Gasteiger partial charge in [-0.25, -0.2) is 0 Å². The maximum Gasteiger partial charge on any atom is 0.0799 e. The largest absolute Gasteiger partial charge is 0.390 e. The van der Waals surface area contributed by atoms with Gasteiger partial charge >= 0.3 is 0 Å². The van der Waals surface area contributed by atoms with E-state index >= 15 is 0 Å². The molecule has 0 aromatic carbocycles. The molecule has 0 amide bonds. The Bertz CT molecular complexity index is 81.3. The van der Waals surface area contributed by atoms with Gasteiger partial charge in [-0.1, -0.05) is 25.7 Å². The van der Waals surface area contributed by atoms with Crippen LogP contribution >= 0.6 is 0 Å². The fourth-order valence-electron chi connectivity index (χ4n) is 1.45. The lowest BCUT2D eigenvalue weighted by atomic mass is 9.96. The number of hydrogen-bond acceptors (Lipinski definition) is 2. The SMILES string of the molecule is O[C@@H]1CCCCCC[C@H]1O. The maximum absolute atomic E-state index is 9.23. The van der Waals surface area contributed by atoms with Crippen LogP contribution in [-0.4, -0.2) is 22.4 Å². The van der Waals surface area contributed by atoms with E-state index < -0.39 is 12.2 Å². The van der Waals surface area contributed by atoms with Crippen molar-refractivity contribution >= 4 is 0 Å². The van der Waals surface area contributed by atoms with Gasteiger partial charge in [-0.2, -0.15) is 0 Å². The van der Waals surface area contributed by atoms with Crippen LogP contribution in [-0.2, 0) is 0 Å². The Morgan fingerprint density at radius 3 is 1.50 bits per heavy atom. The quantitative estimate of drug-likeness (QED) is 0.533.